The van der Waals surface area contributed by atoms with Gasteiger partial charge in [-0.2, -0.15) is 13.2 Å². The molecular weight excluding hydrogens is 258 g/mol. The number of carbonyl (C=O) groups excluding carboxylic acids is 1. The Hall–Kier alpha value is -2.12. The molecule has 4 nitrogen and oxygen atoms in total. The van der Waals surface area contributed by atoms with Gasteiger partial charge in [0, 0.05) is 0 Å². The van der Waals surface area contributed by atoms with E-state index in [9.17, 15) is 22.4 Å². The highest BCUT2D eigenvalue weighted by Gasteiger charge is 2.38. The highest BCUT2D eigenvalue weighted by atomic mass is 19.4. The van der Waals surface area contributed by atoms with Crippen LogP contribution >= 0.6 is 0 Å². The molecule has 0 heterocycles. The van der Waals surface area contributed by atoms with Crippen molar-refractivity contribution in [3.05, 3.63) is 35.6 Å². The monoisotopic (exact) mass is 267 g/mol. The molecule has 1 aromatic carbocycles. The van der Waals surface area contributed by atoms with Crippen molar-refractivity contribution >= 4 is 11.9 Å². The van der Waals surface area contributed by atoms with E-state index in [0.29, 0.717) is 5.56 Å². The summed E-state index contributed by atoms with van der Waals surface area (Å²) in [7, 11) is 0. The molecule has 18 heavy (non-hydrogen) atoms. The molecule has 0 aromatic heterocycles. The maximum Gasteiger partial charge on any atom is 0.490 e. The minimum absolute atomic E-state index is 0.0950. The van der Waals surface area contributed by atoms with Gasteiger partial charge in [-0.15, -0.1) is 0 Å². The Morgan fingerprint density at radius 2 is 1.78 bits per heavy atom. The summed E-state index contributed by atoms with van der Waals surface area (Å²) in [6.45, 7) is 0. The molecule has 1 amide bonds. The van der Waals surface area contributed by atoms with Crippen molar-refractivity contribution in [1.29, 1.82) is 0 Å². The van der Waals surface area contributed by atoms with Crippen molar-refractivity contribution in [3.63, 3.8) is 0 Å². The molecule has 100 valence electrons. The lowest BCUT2D eigenvalue weighted by molar-refractivity contribution is -0.192. The topological polar surface area (TPSA) is 80.4 Å². The second-order valence-corrected chi connectivity index (χ2v) is 3.08. The molecular formula is C10H9F4NO3. The zero-order valence-corrected chi connectivity index (χ0v) is 8.87. The Balaban J connectivity index is 0.000000360. The van der Waals surface area contributed by atoms with E-state index in [1.807, 2.05) is 0 Å². The molecule has 0 aliphatic rings. The second kappa shape index (κ2) is 6.58. The van der Waals surface area contributed by atoms with Gasteiger partial charge in [0.05, 0.1) is 6.42 Å². The SMILES string of the molecule is NC(=O)Cc1cccc(F)c1.O=C(O)C(F)(F)F. The fourth-order valence-electron chi connectivity index (χ4n) is 0.848. The third kappa shape index (κ3) is 7.20. The predicted octanol–water partition coefficient (Wildman–Crippen LogP) is 1.49. The average Bonchev–Trinajstić information content (AvgIpc) is 2.15. The summed E-state index contributed by atoms with van der Waals surface area (Å²) in [5, 5.41) is 7.12. The summed E-state index contributed by atoms with van der Waals surface area (Å²) in [6, 6.07) is 5.83. The summed E-state index contributed by atoms with van der Waals surface area (Å²) in [5.41, 5.74) is 5.52. The van der Waals surface area contributed by atoms with Gasteiger partial charge in [-0.25, -0.2) is 9.18 Å². The van der Waals surface area contributed by atoms with Crippen molar-refractivity contribution in [2.24, 2.45) is 5.73 Å². The first-order chi connectivity index (χ1) is 8.12. The van der Waals surface area contributed by atoms with Gasteiger partial charge in [-0.1, -0.05) is 12.1 Å². The van der Waals surface area contributed by atoms with Gasteiger partial charge >= 0.3 is 12.1 Å². The fourth-order valence-corrected chi connectivity index (χ4v) is 0.848. The van der Waals surface area contributed by atoms with Crippen LogP contribution in [0.4, 0.5) is 17.6 Å². The van der Waals surface area contributed by atoms with Crippen molar-refractivity contribution in [2.45, 2.75) is 12.6 Å². The third-order valence-corrected chi connectivity index (χ3v) is 1.51. The van der Waals surface area contributed by atoms with Gasteiger partial charge in [-0.05, 0) is 17.7 Å². The van der Waals surface area contributed by atoms with E-state index in [2.05, 4.69) is 0 Å². The number of rotatable bonds is 2. The largest absolute Gasteiger partial charge is 0.490 e. The summed E-state index contributed by atoms with van der Waals surface area (Å²) < 4.78 is 44.2. The first-order valence-electron chi connectivity index (χ1n) is 4.45. The number of carboxylic acid groups (broad SMARTS) is 1. The zero-order chi connectivity index (χ0) is 14.3. The van der Waals surface area contributed by atoms with Crippen molar-refractivity contribution in [3.8, 4) is 0 Å². The molecule has 1 aromatic rings. The number of nitrogens with two attached hydrogens (primary N) is 1. The lowest BCUT2D eigenvalue weighted by atomic mass is 10.1. The Kier molecular flexibility index (Phi) is 5.80. The molecule has 0 saturated heterocycles. The van der Waals surface area contributed by atoms with E-state index >= 15 is 0 Å². The highest BCUT2D eigenvalue weighted by Crippen LogP contribution is 2.13. The molecule has 8 heteroatoms. The molecule has 0 saturated carbocycles. The molecule has 0 radical (unpaired) electrons. The van der Waals surface area contributed by atoms with Crippen LogP contribution in [0.2, 0.25) is 0 Å². The molecule has 0 aliphatic heterocycles. The minimum Gasteiger partial charge on any atom is -0.475 e. The van der Waals surface area contributed by atoms with Crippen molar-refractivity contribution in [1.82, 2.24) is 0 Å². The average molecular weight is 267 g/mol. The molecule has 0 bridgehead atoms. The van der Waals surface area contributed by atoms with Gasteiger partial charge in [0.1, 0.15) is 5.82 Å². The van der Waals surface area contributed by atoms with Gasteiger partial charge in [0.2, 0.25) is 5.91 Å². The van der Waals surface area contributed by atoms with Gasteiger partial charge < -0.3 is 10.8 Å². The Labute approximate surface area is 99.0 Å². The molecule has 0 spiro atoms. The van der Waals surface area contributed by atoms with E-state index in [1.165, 1.54) is 12.1 Å². The third-order valence-electron chi connectivity index (χ3n) is 1.51. The Bertz CT molecular complexity index is 431. The van der Waals surface area contributed by atoms with E-state index in [4.69, 9.17) is 15.6 Å². The standard InChI is InChI=1S/C8H8FNO.C2HF3O2/c9-7-3-1-2-6(4-7)5-8(10)11;3-2(4,5)1(6)7/h1-4H,5H2,(H2,10,11);(H,6,7). The first-order valence-corrected chi connectivity index (χ1v) is 4.45. The lowest BCUT2D eigenvalue weighted by Gasteiger charge is -1.95. The summed E-state index contributed by atoms with van der Waals surface area (Å²) in [4.78, 5) is 19.3. The summed E-state index contributed by atoms with van der Waals surface area (Å²) in [6.07, 6.45) is -4.99. The number of amides is 1. The minimum atomic E-state index is -5.08. The number of carbonyl (C=O) groups is 2. The van der Waals surface area contributed by atoms with Gasteiger partial charge in [0.15, 0.2) is 0 Å². The normalized spacial score (nSPS) is 10.2. The summed E-state index contributed by atoms with van der Waals surface area (Å²) in [5.74, 6) is -3.55. The maximum absolute atomic E-state index is 12.5. The quantitative estimate of drug-likeness (QED) is 0.796. The molecule has 0 atom stereocenters. The number of hydrogen-bond donors (Lipinski definition) is 2. The van der Waals surface area contributed by atoms with Crippen LogP contribution in [0.5, 0.6) is 0 Å². The number of primary amides is 1. The number of carboxylic acids is 1. The van der Waals surface area contributed by atoms with Crippen LogP contribution in [0.3, 0.4) is 0 Å². The summed E-state index contributed by atoms with van der Waals surface area (Å²) >= 11 is 0. The van der Waals surface area contributed by atoms with Crippen LogP contribution in [-0.2, 0) is 16.0 Å². The highest BCUT2D eigenvalue weighted by molar-refractivity contribution is 5.76. The van der Waals surface area contributed by atoms with Crippen LogP contribution in [0.25, 0.3) is 0 Å². The van der Waals surface area contributed by atoms with Crippen molar-refractivity contribution < 1.29 is 32.3 Å². The predicted molar refractivity (Wildman–Crippen MR) is 53.0 cm³/mol. The molecule has 0 unspecified atom stereocenters. The van der Waals surface area contributed by atoms with Gasteiger partial charge in [0.25, 0.3) is 0 Å². The number of aliphatic carboxylic acids is 1. The van der Waals surface area contributed by atoms with Crippen LogP contribution in [0, 0.1) is 5.82 Å². The number of benzene rings is 1. The molecule has 0 fully saturated rings. The fraction of sp³-hybridized carbons (Fsp3) is 0.200. The zero-order valence-electron chi connectivity index (χ0n) is 8.87. The van der Waals surface area contributed by atoms with E-state index < -0.39 is 18.1 Å². The van der Waals surface area contributed by atoms with Crippen LogP contribution in [0.15, 0.2) is 24.3 Å². The number of alkyl halides is 3. The number of halogens is 4. The van der Waals surface area contributed by atoms with E-state index in [0.717, 1.165) is 0 Å². The maximum atomic E-state index is 12.5. The second-order valence-electron chi connectivity index (χ2n) is 3.08. The van der Waals surface area contributed by atoms with Crippen LogP contribution in [-0.4, -0.2) is 23.2 Å². The van der Waals surface area contributed by atoms with Gasteiger partial charge in [-0.3, -0.25) is 4.79 Å². The van der Waals surface area contributed by atoms with Crippen molar-refractivity contribution in [2.75, 3.05) is 0 Å². The smallest absolute Gasteiger partial charge is 0.475 e. The Morgan fingerprint density at radius 1 is 1.28 bits per heavy atom. The first kappa shape index (κ1) is 15.9. The van der Waals surface area contributed by atoms with E-state index in [1.54, 1.807) is 12.1 Å². The Morgan fingerprint density at radius 3 is 2.11 bits per heavy atom. The van der Waals surface area contributed by atoms with Crippen LogP contribution < -0.4 is 5.73 Å². The molecule has 1 rings (SSSR count). The molecule has 0 aliphatic carbocycles. The van der Waals surface area contributed by atoms with E-state index in [-0.39, 0.29) is 12.2 Å². The lowest BCUT2D eigenvalue weighted by Crippen LogP contribution is -2.21. The molecule has 3 N–H and O–H groups in total. The van der Waals surface area contributed by atoms with Crippen LogP contribution in [0.1, 0.15) is 5.56 Å². The number of hydrogen-bond acceptors (Lipinski definition) is 2.